The van der Waals surface area contributed by atoms with E-state index in [0.29, 0.717) is 44.9 Å². The molecule has 0 bridgehead atoms. The molecule has 0 spiro atoms. The van der Waals surface area contributed by atoms with E-state index in [1.54, 1.807) is 0 Å². The van der Waals surface area contributed by atoms with Crippen molar-refractivity contribution in [2.24, 2.45) is 0 Å². The number of aliphatic hydroxyl groups excluding tert-OH is 4. The van der Waals surface area contributed by atoms with E-state index in [2.05, 4.69) is 140 Å². The van der Waals surface area contributed by atoms with Crippen LogP contribution in [0.25, 0.3) is 0 Å². The Morgan fingerprint density at radius 3 is 1.32 bits per heavy atom. The van der Waals surface area contributed by atoms with Gasteiger partial charge < -0.3 is 58.3 Å². The van der Waals surface area contributed by atoms with Gasteiger partial charge in [-0.3, -0.25) is 0 Å². The summed E-state index contributed by atoms with van der Waals surface area (Å²) in [5, 5.41) is 40.3. The van der Waals surface area contributed by atoms with Crippen molar-refractivity contribution >= 4 is 0 Å². The molecule has 6 aliphatic rings. The summed E-state index contributed by atoms with van der Waals surface area (Å²) in [4.78, 5) is 0. The summed E-state index contributed by atoms with van der Waals surface area (Å²) in [5.74, 6) is 3.16. The summed E-state index contributed by atoms with van der Waals surface area (Å²) in [6.07, 6.45) is 2.54. The summed E-state index contributed by atoms with van der Waals surface area (Å²) in [6.45, 7) is 3.14. The maximum absolute atomic E-state index is 10.5. The van der Waals surface area contributed by atoms with Crippen molar-refractivity contribution in [3.05, 3.63) is 272 Å². The molecule has 2 saturated heterocycles. The van der Waals surface area contributed by atoms with E-state index in [9.17, 15) is 20.4 Å². The fourth-order valence-electron chi connectivity index (χ4n) is 13.4. The Morgan fingerprint density at radius 2 is 0.844 bits per heavy atom. The summed E-state index contributed by atoms with van der Waals surface area (Å²) >= 11 is 0. The average Bonchev–Trinajstić information content (AvgIpc) is 1.32. The van der Waals surface area contributed by atoms with Gasteiger partial charge in [0.2, 0.25) is 0 Å². The Kier molecular flexibility index (Phi) is 20.3. The number of hydrogen-bond donors (Lipinski definition) is 4. The van der Waals surface area contributed by atoms with Crippen LogP contribution in [0.5, 0.6) is 11.5 Å². The van der Waals surface area contributed by atoms with E-state index < -0.39 is 67.6 Å². The molecule has 8 aromatic carbocycles. The van der Waals surface area contributed by atoms with Gasteiger partial charge in [-0.2, -0.15) is 0 Å². The molecule has 0 radical (unpaired) electrons. The normalized spacial score (nSPS) is 24.5. The zero-order chi connectivity index (χ0) is 61.2. The summed E-state index contributed by atoms with van der Waals surface area (Å²) in [7, 11) is 0. The van der Waals surface area contributed by atoms with Crippen LogP contribution in [0, 0.1) is 0 Å². The van der Waals surface area contributed by atoms with E-state index >= 15 is 0 Å². The molecule has 2 unspecified atom stereocenters. The molecule has 0 aromatic heterocycles. The number of fused-ring (bicyclic) bond motifs is 2. The number of aliphatic hydroxyl groups is 4. The lowest BCUT2D eigenvalue weighted by molar-refractivity contribution is -0.275. The van der Waals surface area contributed by atoms with Gasteiger partial charge in [0.1, 0.15) is 72.5 Å². The zero-order valence-electron chi connectivity index (χ0n) is 51.2. The second kappa shape index (κ2) is 29.5. The maximum atomic E-state index is 10.5. The van der Waals surface area contributed by atoms with Crippen molar-refractivity contribution in [3.8, 4) is 11.5 Å². The van der Waals surface area contributed by atoms with Crippen LogP contribution in [0.1, 0.15) is 140 Å². The number of ether oxygens (including phenoxy) is 8. The topological polar surface area (TPSA) is 155 Å². The lowest BCUT2D eigenvalue weighted by Gasteiger charge is -2.46. The van der Waals surface area contributed by atoms with Gasteiger partial charge in [0, 0.05) is 0 Å². The third kappa shape index (κ3) is 15.3. The average molecular weight is 1210 g/mol. The SMILES string of the molecule is OC[C@H]1OC(c2ccc(C3CC3)c(Cc3ccc4c(c3)CCCO4)c2)[C@H](O)[C@@H](O)[C@@H]1O.c1ccc(COC[C@H]2OC(c3ccc(C4CC4)c(Cc4ccc5c(c4)CCCO5)c3)[C@H](OCc3ccccc3)[C@@H](OCc3ccccc3)[C@@H]2OCc2ccccc2)cc1. The molecular formula is C78H84O12. The van der Waals surface area contributed by atoms with Crippen LogP contribution in [0.4, 0.5) is 0 Å². The first kappa shape index (κ1) is 61.8. The van der Waals surface area contributed by atoms with Gasteiger partial charge >= 0.3 is 0 Å². The highest BCUT2D eigenvalue weighted by molar-refractivity contribution is 5.47. The minimum absolute atomic E-state index is 0.325. The Hall–Kier alpha value is -7.04. The second-order valence-electron chi connectivity index (χ2n) is 25.2. The Bertz CT molecular complexity index is 3580. The molecule has 90 heavy (non-hydrogen) atoms. The number of rotatable bonds is 22. The van der Waals surface area contributed by atoms with Gasteiger partial charge in [-0.15, -0.1) is 0 Å². The molecule has 2 aliphatic carbocycles. The van der Waals surface area contributed by atoms with Gasteiger partial charge in [0.25, 0.3) is 0 Å². The third-order valence-electron chi connectivity index (χ3n) is 18.5. The second-order valence-corrected chi connectivity index (χ2v) is 25.2. The smallest absolute Gasteiger partial charge is 0.122 e. The standard InChI is InChI=1S/C53H54O6.C25H30O6/c1-5-14-38(15-6-1)33-54-37-49-51(56-34-39-16-7-2-8-17-39)53(58-36-41-20-11-4-12-21-41)52(57-35-40-18-9-3-10-19-40)50(59-49)45-26-27-47(43-24-25-43)46(32-45)31-42-23-28-48-44(30-42)22-13-29-55-48;26-13-21-22(27)23(28)24(29)25(31-21)17-6-7-19(15-4-5-15)18(12-17)11-14-3-8-20-16(10-14)2-1-9-30-20/h1-12,14-21,23,26-28,30,32,43,49-53H,13,22,24-25,29,31,33-37H2;3,6-8,10,12,15,21-29H,1-2,4-5,9,11,13H2/t49-,50?,51-,52+,53+;21-,22-,23+,24-,25?/m11/s1. The maximum Gasteiger partial charge on any atom is 0.122 e. The highest BCUT2D eigenvalue weighted by Gasteiger charge is 2.50. The minimum Gasteiger partial charge on any atom is -0.493 e. The molecule has 468 valence electrons. The lowest BCUT2D eigenvalue weighted by atomic mass is 9.87. The van der Waals surface area contributed by atoms with Gasteiger partial charge in [0.15, 0.2) is 0 Å². The van der Waals surface area contributed by atoms with Gasteiger partial charge in [-0.25, -0.2) is 0 Å². The Balaban J connectivity index is 0.000000201. The quantitative estimate of drug-likeness (QED) is 0.0511. The van der Waals surface area contributed by atoms with E-state index in [0.717, 1.165) is 96.6 Å². The first-order chi connectivity index (χ1) is 44.3. The van der Waals surface area contributed by atoms with E-state index in [1.807, 2.05) is 54.6 Å². The van der Waals surface area contributed by atoms with Crippen LogP contribution in [0.2, 0.25) is 0 Å². The molecule has 2 saturated carbocycles. The van der Waals surface area contributed by atoms with E-state index in [-0.39, 0.29) is 0 Å². The Morgan fingerprint density at radius 1 is 0.400 bits per heavy atom. The predicted molar refractivity (Wildman–Crippen MR) is 344 cm³/mol. The molecule has 4 heterocycles. The fraction of sp³-hybridized carbons (Fsp3) is 0.385. The van der Waals surface area contributed by atoms with E-state index in [4.69, 9.17) is 37.9 Å². The van der Waals surface area contributed by atoms with Crippen LogP contribution in [-0.4, -0.2) is 95.7 Å². The van der Waals surface area contributed by atoms with Gasteiger partial charge in [-0.1, -0.05) is 182 Å². The highest BCUT2D eigenvalue weighted by Crippen LogP contribution is 2.47. The van der Waals surface area contributed by atoms with E-state index in [1.165, 1.54) is 70.2 Å². The first-order valence-corrected chi connectivity index (χ1v) is 32.6. The van der Waals surface area contributed by atoms with Crippen molar-refractivity contribution in [1.29, 1.82) is 0 Å². The molecule has 0 amide bonds. The van der Waals surface area contributed by atoms with Crippen LogP contribution in [0.15, 0.2) is 194 Å². The highest BCUT2D eigenvalue weighted by atomic mass is 16.6. The van der Waals surface area contributed by atoms with Gasteiger partial charge in [-0.05, 0) is 166 Å². The largest absolute Gasteiger partial charge is 0.493 e. The lowest BCUT2D eigenvalue weighted by Crippen LogP contribution is -2.58. The van der Waals surface area contributed by atoms with Crippen LogP contribution in [0.3, 0.4) is 0 Å². The Labute approximate surface area is 529 Å². The van der Waals surface area contributed by atoms with Gasteiger partial charge in [0.05, 0.1) is 52.9 Å². The molecule has 12 nitrogen and oxygen atoms in total. The zero-order valence-corrected chi connectivity index (χ0v) is 51.2. The number of aryl methyl sites for hydroxylation is 2. The molecular weight excluding hydrogens is 1130 g/mol. The van der Waals surface area contributed by atoms with Crippen molar-refractivity contribution < 1.29 is 58.3 Å². The monoisotopic (exact) mass is 1210 g/mol. The predicted octanol–water partition coefficient (Wildman–Crippen LogP) is 12.9. The van der Waals surface area contributed by atoms with Crippen LogP contribution >= 0.6 is 0 Å². The molecule has 4 fully saturated rings. The molecule has 4 N–H and O–H groups in total. The van der Waals surface area contributed by atoms with Crippen molar-refractivity contribution in [1.82, 2.24) is 0 Å². The van der Waals surface area contributed by atoms with Crippen molar-refractivity contribution in [2.75, 3.05) is 26.4 Å². The molecule has 14 rings (SSSR count). The molecule has 4 aliphatic heterocycles. The molecule has 12 heteroatoms. The van der Waals surface area contributed by atoms with Crippen molar-refractivity contribution in [3.63, 3.8) is 0 Å². The van der Waals surface area contributed by atoms with Crippen LogP contribution < -0.4 is 9.47 Å². The first-order valence-electron chi connectivity index (χ1n) is 32.6. The summed E-state index contributed by atoms with van der Waals surface area (Å²) in [5.41, 5.74) is 16.6. The minimum atomic E-state index is -1.37. The third-order valence-corrected chi connectivity index (χ3v) is 18.5. The summed E-state index contributed by atoms with van der Waals surface area (Å²) < 4.78 is 52.4. The van der Waals surface area contributed by atoms with Crippen LogP contribution in [-0.2, 0) is 80.5 Å². The van der Waals surface area contributed by atoms with Crippen molar-refractivity contribution in [2.45, 2.75) is 164 Å². The molecule has 10 atom stereocenters. The fourth-order valence-corrected chi connectivity index (χ4v) is 13.4. The molecule has 8 aromatic rings. The summed E-state index contributed by atoms with van der Waals surface area (Å²) in [6, 6.07) is 67.5. The number of hydrogen-bond acceptors (Lipinski definition) is 12. The number of benzene rings is 8.